The molecule has 0 saturated carbocycles. The van der Waals surface area contributed by atoms with E-state index in [-0.39, 0.29) is 17.2 Å². The number of rotatable bonds is 9. The molecular weight excluding hydrogens is 536 g/mol. The van der Waals surface area contributed by atoms with Crippen LogP contribution >= 0.6 is 11.6 Å². The smallest absolute Gasteiger partial charge is 0.330 e. The van der Waals surface area contributed by atoms with Crippen molar-refractivity contribution in [3.05, 3.63) is 91.2 Å². The molecule has 0 saturated heterocycles. The summed E-state index contributed by atoms with van der Waals surface area (Å²) in [5.41, 5.74) is 7.55. The van der Waals surface area contributed by atoms with Gasteiger partial charge in [-0.3, -0.25) is 13.9 Å². The van der Waals surface area contributed by atoms with Gasteiger partial charge in [0.1, 0.15) is 5.69 Å². The van der Waals surface area contributed by atoms with E-state index in [4.69, 9.17) is 21.3 Å². The molecule has 1 atom stereocenters. The number of pyridine rings is 1. The third kappa shape index (κ3) is 5.31. The maximum atomic E-state index is 13.1. The summed E-state index contributed by atoms with van der Waals surface area (Å²) in [6, 6.07) is 14.2. The molecular formula is C33H37ClN4O3. The zero-order valence-corrected chi connectivity index (χ0v) is 25.1. The molecule has 0 bridgehead atoms. The molecule has 1 aliphatic carbocycles. The van der Waals surface area contributed by atoms with Crippen LogP contribution in [0.15, 0.2) is 58.3 Å². The number of nitrogens with zero attached hydrogens (tertiary/aromatic N) is 3. The van der Waals surface area contributed by atoms with Crippen LogP contribution in [-0.4, -0.2) is 21.2 Å². The number of ether oxygens (including phenoxy) is 1. The molecule has 0 amide bonds. The van der Waals surface area contributed by atoms with Crippen molar-refractivity contribution in [3.63, 3.8) is 0 Å². The predicted octanol–water partition coefficient (Wildman–Crippen LogP) is 7.09. The van der Waals surface area contributed by atoms with E-state index >= 15 is 0 Å². The average Bonchev–Trinajstić information content (AvgIpc) is 3.46. The van der Waals surface area contributed by atoms with Crippen molar-refractivity contribution in [2.24, 2.45) is 7.05 Å². The van der Waals surface area contributed by atoms with Crippen molar-refractivity contribution in [3.8, 4) is 28.3 Å². The van der Waals surface area contributed by atoms with Crippen LogP contribution in [0.1, 0.15) is 62.6 Å². The molecule has 2 heterocycles. The van der Waals surface area contributed by atoms with Crippen LogP contribution in [0.4, 0.5) is 11.4 Å². The molecule has 7 nitrogen and oxygen atoms in total. The van der Waals surface area contributed by atoms with Crippen molar-refractivity contribution in [1.82, 2.24) is 14.1 Å². The number of hydrogen-bond acceptors (Lipinski definition) is 5. The van der Waals surface area contributed by atoms with Gasteiger partial charge in [-0.2, -0.15) is 0 Å². The summed E-state index contributed by atoms with van der Waals surface area (Å²) in [5.74, 6) is 0.839. The van der Waals surface area contributed by atoms with Crippen LogP contribution in [0.25, 0.3) is 22.4 Å². The van der Waals surface area contributed by atoms with Gasteiger partial charge in [0.2, 0.25) is 5.88 Å². The van der Waals surface area contributed by atoms with Gasteiger partial charge in [-0.05, 0) is 66.8 Å². The van der Waals surface area contributed by atoms with E-state index in [0.717, 1.165) is 70.3 Å². The minimum Gasteiger partial charge on any atom is -0.481 e. The predicted molar refractivity (Wildman–Crippen MR) is 167 cm³/mol. The Hall–Kier alpha value is -3.84. The number of methoxy groups -OCH3 is 1. The topological polar surface area (TPSA) is 78.2 Å². The van der Waals surface area contributed by atoms with E-state index in [0.29, 0.717) is 23.1 Å². The Morgan fingerprint density at radius 2 is 1.78 bits per heavy atom. The molecule has 0 aliphatic heterocycles. The summed E-state index contributed by atoms with van der Waals surface area (Å²) in [5, 5.41) is 4.00. The molecule has 0 spiro atoms. The van der Waals surface area contributed by atoms with Crippen LogP contribution in [0, 0.1) is 0 Å². The number of hydrogen-bond donors (Lipinski definition) is 1. The molecule has 1 unspecified atom stereocenters. The molecule has 214 valence electrons. The molecule has 2 aromatic carbocycles. The van der Waals surface area contributed by atoms with Gasteiger partial charge in [0.05, 0.1) is 17.8 Å². The summed E-state index contributed by atoms with van der Waals surface area (Å²) in [4.78, 5) is 30.5. The SMILES string of the molecule is CCCn1cc(Nc2cccc(-c3cccc(-c4cc5c(c(OC)n4)CCC5)c3Cl)c2C(C)CC)c(=O)n(C)c1=O. The molecule has 5 rings (SSSR count). The number of benzene rings is 2. The molecule has 8 heteroatoms. The number of aromatic nitrogens is 3. The first-order valence-corrected chi connectivity index (χ1v) is 14.7. The molecule has 2 aromatic heterocycles. The van der Waals surface area contributed by atoms with Gasteiger partial charge in [0.15, 0.2) is 0 Å². The minimum absolute atomic E-state index is 0.164. The molecule has 4 aromatic rings. The lowest BCUT2D eigenvalue weighted by Gasteiger charge is -2.22. The molecule has 0 radical (unpaired) electrons. The Balaban J connectivity index is 1.65. The first-order chi connectivity index (χ1) is 19.8. The quantitative estimate of drug-likeness (QED) is 0.231. The summed E-state index contributed by atoms with van der Waals surface area (Å²) in [6.45, 7) is 6.85. The fourth-order valence-corrected chi connectivity index (χ4v) is 6.12. The highest BCUT2D eigenvalue weighted by Crippen LogP contribution is 2.43. The lowest BCUT2D eigenvalue weighted by atomic mass is 9.87. The van der Waals surface area contributed by atoms with Crippen molar-refractivity contribution in [1.29, 1.82) is 0 Å². The van der Waals surface area contributed by atoms with Crippen LogP contribution < -0.4 is 21.3 Å². The van der Waals surface area contributed by atoms with Gasteiger partial charge in [-0.15, -0.1) is 0 Å². The van der Waals surface area contributed by atoms with E-state index in [1.807, 2.05) is 37.3 Å². The van der Waals surface area contributed by atoms with Gasteiger partial charge in [-0.25, -0.2) is 9.78 Å². The standard InChI is InChI=1S/C33H37ClN4O3/c1-6-17-38-19-28(32(39)37(4)33(38)40)35-26-16-10-13-23(29(26)20(3)7-2)24-14-9-15-25(30(24)34)27-18-21-11-8-12-22(21)31(36-27)41-5/h9-10,13-16,18-20,35H,6-8,11-12,17H2,1-5H3. The van der Waals surface area contributed by atoms with Gasteiger partial charge in [-0.1, -0.05) is 62.7 Å². The first kappa shape index (κ1) is 28.7. The Kier molecular flexibility index (Phi) is 8.36. The second-order valence-corrected chi connectivity index (χ2v) is 11.1. The van der Waals surface area contributed by atoms with Crippen LogP contribution in [0.5, 0.6) is 5.88 Å². The maximum absolute atomic E-state index is 13.1. The van der Waals surface area contributed by atoms with Crippen LogP contribution in [-0.2, 0) is 26.4 Å². The van der Waals surface area contributed by atoms with Gasteiger partial charge in [0.25, 0.3) is 5.56 Å². The normalized spacial score (nSPS) is 13.2. The highest BCUT2D eigenvalue weighted by molar-refractivity contribution is 6.36. The average molecular weight is 573 g/mol. The zero-order valence-electron chi connectivity index (χ0n) is 24.4. The van der Waals surface area contributed by atoms with Gasteiger partial charge in [0, 0.05) is 42.2 Å². The number of nitrogens with one attached hydrogen (secondary N) is 1. The fourth-order valence-electron chi connectivity index (χ4n) is 5.79. The largest absolute Gasteiger partial charge is 0.481 e. The number of fused-ring (bicyclic) bond motifs is 1. The van der Waals surface area contributed by atoms with Crippen molar-refractivity contribution < 1.29 is 4.74 Å². The summed E-state index contributed by atoms with van der Waals surface area (Å²) in [7, 11) is 3.18. The van der Waals surface area contributed by atoms with Crippen molar-refractivity contribution in [2.45, 2.75) is 65.3 Å². The summed E-state index contributed by atoms with van der Waals surface area (Å²) in [6.07, 6.45) is 6.39. The Labute approximate surface area is 245 Å². The van der Waals surface area contributed by atoms with Crippen LogP contribution in [0.3, 0.4) is 0 Å². The van der Waals surface area contributed by atoms with Crippen molar-refractivity contribution >= 4 is 23.0 Å². The van der Waals surface area contributed by atoms with E-state index in [2.05, 4.69) is 31.3 Å². The lowest BCUT2D eigenvalue weighted by molar-refractivity contribution is 0.394. The van der Waals surface area contributed by atoms with E-state index in [9.17, 15) is 9.59 Å². The molecule has 41 heavy (non-hydrogen) atoms. The maximum Gasteiger partial charge on any atom is 0.330 e. The van der Waals surface area contributed by atoms with Gasteiger partial charge < -0.3 is 10.1 Å². The van der Waals surface area contributed by atoms with E-state index in [1.54, 1.807) is 17.9 Å². The summed E-state index contributed by atoms with van der Waals surface area (Å²) < 4.78 is 8.38. The lowest BCUT2D eigenvalue weighted by Crippen LogP contribution is -2.38. The zero-order chi connectivity index (χ0) is 29.3. The first-order valence-electron chi connectivity index (χ1n) is 14.3. The Morgan fingerprint density at radius 1 is 1.05 bits per heavy atom. The van der Waals surface area contributed by atoms with Crippen molar-refractivity contribution in [2.75, 3.05) is 12.4 Å². The Bertz CT molecular complexity index is 1720. The molecule has 1 aliphatic rings. The molecule has 1 N–H and O–H groups in total. The third-order valence-corrected chi connectivity index (χ3v) is 8.51. The number of halogens is 1. The monoisotopic (exact) mass is 572 g/mol. The van der Waals surface area contributed by atoms with E-state index in [1.165, 1.54) is 18.2 Å². The highest BCUT2D eigenvalue weighted by Gasteiger charge is 2.23. The van der Waals surface area contributed by atoms with Gasteiger partial charge >= 0.3 is 5.69 Å². The summed E-state index contributed by atoms with van der Waals surface area (Å²) >= 11 is 7.18. The number of anilines is 2. The van der Waals surface area contributed by atoms with E-state index < -0.39 is 0 Å². The highest BCUT2D eigenvalue weighted by atomic mass is 35.5. The second-order valence-electron chi connectivity index (χ2n) is 10.8. The Morgan fingerprint density at radius 3 is 2.51 bits per heavy atom. The fraction of sp³-hybridized carbons (Fsp3) is 0.364. The number of aryl methyl sites for hydroxylation is 2. The third-order valence-electron chi connectivity index (χ3n) is 8.11. The minimum atomic E-state index is -0.362. The van der Waals surface area contributed by atoms with Crippen LogP contribution in [0.2, 0.25) is 5.02 Å². The molecule has 0 fully saturated rings. The second kappa shape index (κ2) is 12.0.